The fourth-order valence-electron chi connectivity index (χ4n) is 5.04. The van der Waals surface area contributed by atoms with Crippen molar-refractivity contribution in [2.24, 2.45) is 0 Å². The van der Waals surface area contributed by atoms with Gasteiger partial charge in [0, 0.05) is 44.4 Å². The molecule has 1 amide bonds. The molecule has 1 atom stereocenters. The number of hydrogen-bond donors (Lipinski definition) is 0. The molecule has 7 nitrogen and oxygen atoms in total. The standard InChI is InChI=1S/C23H28N4O3/c1-15-11-18-19(30-10-9-29-18)12-17(15)21(28)27-8-4-6-23(14-27)7-5-16-13-24-22(26(2)3)25-20(16)23/h11-13H,4-10,14H2,1-3H3. The van der Waals surface area contributed by atoms with E-state index < -0.39 is 0 Å². The lowest BCUT2D eigenvalue weighted by Crippen LogP contribution is -2.48. The van der Waals surface area contributed by atoms with Gasteiger partial charge < -0.3 is 19.3 Å². The molecule has 3 heterocycles. The lowest BCUT2D eigenvalue weighted by Gasteiger charge is -2.41. The van der Waals surface area contributed by atoms with Crippen LogP contribution in [0.1, 0.15) is 46.4 Å². The largest absolute Gasteiger partial charge is 0.486 e. The Morgan fingerprint density at radius 2 is 1.93 bits per heavy atom. The van der Waals surface area contributed by atoms with E-state index in [0.717, 1.165) is 55.2 Å². The van der Waals surface area contributed by atoms with Gasteiger partial charge in [0.1, 0.15) is 13.2 Å². The monoisotopic (exact) mass is 408 g/mol. The summed E-state index contributed by atoms with van der Waals surface area (Å²) in [7, 11) is 3.93. The summed E-state index contributed by atoms with van der Waals surface area (Å²) in [5.41, 5.74) is 3.92. The average Bonchev–Trinajstić information content (AvgIpc) is 3.09. The summed E-state index contributed by atoms with van der Waals surface area (Å²) < 4.78 is 11.4. The summed E-state index contributed by atoms with van der Waals surface area (Å²) in [6.45, 7) is 4.50. The second-order valence-corrected chi connectivity index (χ2v) is 8.86. The van der Waals surface area contributed by atoms with Crippen LogP contribution in [0.5, 0.6) is 11.5 Å². The van der Waals surface area contributed by atoms with Crippen LogP contribution in [0, 0.1) is 6.92 Å². The highest BCUT2D eigenvalue weighted by Crippen LogP contribution is 2.44. The van der Waals surface area contributed by atoms with Crippen LogP contribution < -0.4 is 14.4 Å². The third-order valence-electron chi connectivity index (χ3n) is 6.61. The average molecular weight is 409 g/mol. The molecule has 0 N–H and O–H groups in total. The second kappa shape index (κ2) is 7.15. The Balaban J connectivity index is 1.45. The van der Waals surface area contributed by atoms with Gasteiger partial charge in [0.25, 0.3) is 5.91 Å². The lowest BCUT2D eigenvalue weighted by atomic mass is 9.77. The molecule has 1 aliphatic carbocycles. The summed E-state index contributed by atoms with van der Waals surface area (Å²) >= 11 is 0. The van der Waals surface area contributed by atoms with Crippen molar-refractivity contribution in [2.75, 3.05) is 45.3 Å². The van der Waals surface area contributed by atoms with Crippen LogP contribution in [0.25, 0.3) is 0 Å². The van der Waals surface area contributed by atoms with E-state index in [-0.39, 0.29) is 11.3 Å². The highest BCUT2D eigenvalue weighted by Gasteiger charge is 2.45. The van der Waals surface area contributed by atoms with Gasteiger partial charge in [-0.3, -0.25) is 4.79 Å². The molecule has 1 spiro atoms. The van der Waals surface area contributed by atoms with Crippen molar-refractivity contribution in [3.05, 3.63) is 40.7 Å². The predicted octanol–water partition coefficient (Wildman–Crippen LogP) is 2.74. The van der Waals surface area contributed by atoms with Gasteiger partial charge >= 0.3 is 0 Å². The van der Waals surface area contributed by atoms with Crippen molar-refractivity contribution in [2.45, 2.75) is 38.0 Å². The van der Waals surface area contributed by atoms with E-state index in [1.807, 2.05) is 49.1 Å². The maximum atomic E-state index is 13.5. The van der Waals surface area contributed by atoms with Gasteiger partial charge in [-0.25, -0.2) is 9.97 Å². The summed E-state index contributed by atoms with van der Waals surface area (Å²) in [5, 5.41) is 0. The van der Waals surface area contributed by atoms with Crippen molar-refractivity contribution >= 4 is 11.9 Å². The minimum atomic E-state index is -0.0708. The number of benzene rings is 1. The first kappa shape index (κ1) is 19.2. The summed E-state index contributed by atoms with van der Waals surface area (Å²) in [6.07, 6.45) is 6.02. The number of carbonyl (C=O) groups is 1. The summed E-state index contributed by atoms with van der Waals surface area (Å²) in [6, 6.07) is 3.77. The Hall–Kier alpha value is -2.83. The van der Waals surface area contributed by atoms with Crippen molar-refractivity contribution in [3.63, 3.8) is 0 Å². The van der Waals surface area contributed by atoms with Gasteiger partial charge in [-0.05, 0) is 55.9 Å². The number of likely N-dealkylation sites (tertiary alicyclic amines) is 1. The van der Waals surface area contributed by atoms with Gasteiger partial charge in [-0.2, -0.15) is 0 Å². The van der Waals surface area contributed by atoms with Crippen molar-refractivity contribution in [1.82, 2.24) is 14.9 Å². The van der Waals surface area contributed by atoms with E-state index in [0.29, 0.717) is 31.1 Å². The first-order valence-electron chi connectivity index (χ1n) is 10.7. The van der Waals surface area contributed by atoms with Crippen LogP contribution in [-0.4, -0.2) is 61.2 Å². The van der Waals surface area contributed by atoms with Crippen molar-refractivity contribution in [3.8, 4) is 11.5 Å². The molecule has 1 fully saturated rings. The zero-order valence-electron chi connectivity index (χ0n) is 17.9. The molecule has 2 aliphatic heterocycles. The minimum absolute atomic E-state index is 0.0684. The van der Waals surface area contributed by atoms with E-state index in [2.05, 4.69) is 4.98 Å². The quantitative estimate of drug-likeness (QED) is 0.761. The van der Waals surface area contributed by atoms with E-state index in [1.165, 1.54) is 5.56 Å². The summed E-state index contributed by atoms with van der Waals surface area (Å²) in [5.74, 6) is 2.19. The molecule has 1 aromatic heterocycles. The summed E-state index contributed by atoms with van der Waals surface area (Å²) in [4.78, 5) is 26.9. The maximum absolute atomic E-state index is 13.5. The van der Waals surface area contributed by atoms with Crippen LogP contribution >= 0.6 is 0 Å². The molecule has 158 valence electrons. The fourth-order valence-corrected chi connectivity index (χ4v) is 5.04. The zero-order chi connectivity index (χ0) is 20.9. The predicted molar refractivity (Wildman–Crippen MR) is 114 cm³/mol. The van der Waals surface area contributed by atoms with Crippen LogP contribution in [0.15, 0.2) is 18.3 Å². The fraction of sp³-hybridized carbons (Fsp3) is 0.522. The Kier molecular flexibility index (Phi) is 4.56. The van der Waals surface area contributed by atoms with E-state index >= 15 is 0 Å². The number of hydrogen-bond acceptors (Lipinski definition) is 6. The molecular weight excluding hydrogens is 380 g/mol. The van der Waals surface area contributed by atoms with Gasteiger partial charge in [0.2, 0.25) is 5.95 Å². The van der Waals surface area contributed by atoms with E-state index in [1.54, 1.807) is 0 Å². The Morgan fingerprint density at radius 3 is 2.70 bits per heavy atom. The lowest BCUT2D eigenvalue weighted by molar-refractivity contribution is 0.0631. The molecule has 1 aromatic carbocycles. The molecule has 0 radical (unpaired) electrons. The van der Waals surface area contributed by atoms with E-state index in [9.17, 15) is 4.79 Å². The van der Waals surface area contributed by atoms with Crippen LogP contribution in [0.2, 0.25) is 0 Å². The van der Waals surface area contributed by atoms with Gasteiger partial charge in [0.05, 0.1) is 5.69 Å². The van der Waals surface area contributed by atoms with Crippen LogP contribution in [0.4, 0.5) is 5.95 Å². The smallest absolute Gasteiger partial charge is 0.254 e. The number of carbonyl (C=O) groups excluding carboxylic acids is 1. The number of amides is 1. The molecular formula is C23H28N4O3. The number of ether oxygens (including phenoxy) is 2. The minimum Gasteiger partial charge on any atom is -0.486 e. The molecule has 0 saturated carbocycles. The van der Waals surface area contributed by atoms with Gasteiger partial charge in [-0.15, -0.1) is 0 Å². The molecule has 1 saturated heterocycles. The number of fused-ring (bicyclic) bond motifs is 3. The molecule has 2 aromatic rings. The van der Waals surface area contributed by atoms with Crippen molar-refractivity contribution < 1.29 is 14.3 Å². The third-order valence-corrected chi connectivity index (χ3v) is 6.61. The second-order valence-electron chi connectivity index (χ2n) is 8.86. The van der Waals surface area contributed by atoms with E-state index in [4.69, 9.17) is 14.5 Å². The Bertz CT molecular complexity index is 1000. The SMILES string of the molecule is Cc1cc2c(cc1C(=O)N1CCCC3(CCc4cnc(N(C)C)nc43)C1)OCCO2. The number of nitrogens with zero attached hydrogens (tertiary/aromatic N) is 4. The number of aromatic nitrogens is 2. The number of aryl methyl sites for hydroxylation is 2. The molecule has 30 heavy (non-hydrogen) atoms. The first-order valence-corrected chi connectivity index (χ1v) is 10.7. The number of piperidine rings is 1. The molecule has 7 heteroatoms. The van der Waals surface area contributed by atoms with Crippen LogP contribution in [-0.2, 0) is 11.8 Å². The van der Waals surface area contributed by atoms with Crippen molar-refractivity contribution in [1.29, 1.82) is 0 Å². The molecule has 1 unspecified atom stereocenters. The third kappa shape index (κ3) is 3.07. The highest BCUT2D eigenvalue weighted by molar-refractivity contribution is 5.96. The maximum Gasteiger partial charge on any atom is 0.254 e. The molecule has 0 bridgehead atoms. The van der Waals surface area contributed by atoms with Gasteiger partial charge in [0.15, 0.2) is 11.5 Å². The number of rotatable bonds is 2. The Labute approximate surface area is 177 Å². The normalized spacial score (nSPS) is 22.2. The highest BCUT2D eigenvalue weighted by atomic mass is 16.6. The molecule has 3 aliphatic rings. The zero-order valence-corrected chi connectivity index (χ0v) is 17.9. The van der Waals surface area contributed by atoms with Crippen LogP contribution in [0.3, 0.4) is 0 Å². The molecule has 5 rings (SSSR count). The topological polar surface area (TPSA) is 67.8 Å². The number of anilines is 1. The Morgan fingerprint density at radius 1 is 1.17 bits per heavy atom. The first-order chi connectivity index (χ1) is 14.5. The van der Waals surface area contributed by atoms with Gasteiger partial charge in [-0.1, -0.05) is 0 Å².